The highest BCUT2D eigenvalue weighted by atomic mass is 16.6. The molecular formula is C18H11N3O3. The predicted molar refractivity (Wildman–Crippen MR) is 89.3 cm³/mol. The van der Waals surface area contributed by atoms with Gasteiger partial charge in [0.1, 0.15) is 11.6 Å². The molecule has 116 valence electrons. The lowest BCUT2D eigenvalue weighted by molar-refractivity contribution is -0.384. The third-order valence-corrected chi connectivity index (χ3v) is 3.62. The van der Waals surface area contributed by atoms with Gasteiger partial charge in [-0.2, -0.15) is 5.26 Å². The van der Waals surface area contributed by atoms with Crippen molar-refractivity contribution in [2.24, 2.45) is 0 Å². The molecule has 0 aliphatic carbocycles. The highest BCUT2D eigenvalue weighted by Gasteiger charge is 2.20. The molecule has 0 atom stereocenters. The number of pyridine rings is 1. The summed E-state index contributed by atoms with van der Waals surface area (Å²) in [5.41, 5.74) is 0.844. The maximum Gasteiger partial charge on any atom is 0.277 e. The summed E-state index contributed by atoms with van der Waals surface area (Å²) < 4.78 is 0. The van der Waals surface area contributed by atoms with Gasteiger partial charge in [0.15, 0.2) is 0 Å². The van der Waals surface area contributed by atoms with Gasteiger partial charge in [0.25, 0.3) is 11.2 Å². The van der Waals surface area contributed by atoms with Crippen LogP contribution in [0.15, 0.2) is 65.5 Å². The van der Waals surface area contributed by atoms with E-state index in [0.29, 0.717) is 5.69 Å². The van der Waals surface area contributed by atoms with Crippen LogP contribution in [-0.4, -0.2) is 9.91 Å². The Balaban J connectivity index is 2.33. The number of H-pyrrole nitrogens is 1. The third kappa shape index (κ3) is 2.66. The molecule has 24 heavy (non-hydrogen) atoms. The zero-order chi connectivity index (χ0) is 17.1. The van der Waals surface area contributed by atoms with Crippen molar-refractivity contribution in [3.63, 3.8) is 0 Å². The van der Waals surface area contributed by atoms with E-state index in [-0.39, 0.29) is 22.4 Å². The molecule has 1 heterocycles. The molecule has 0 saturated heterocycles. The minimum atomic E-state index is -0.577. The molecule has 0 fully saturated rings. The second-order valence-corrected chi connectivity index (χ2v) is 5.05. The van der Waals surface area contributed by atoms with Crippen molar-refractivity contribution in [2.75, 3.05) is 0 Å². The van der Waals surface area contributed by atoms with Crippen molar-refractivity contribution in [1.29, 1.82) is 5.26 Å². The highest BCUT2D eigenvalue weighted by molar-refractivity contribution is 5.80. The first-order valence-corrected chi connectivity index (χ1v) is 7.08. The van der Waals surface area contributed by atoms with Crippen molar-refractivity contribution in [1.82, 2.24) is 4.98 Å². The summed E-state index contributed by atoms with van der Waals surface area (Å²) in [5, 5.41) is 20.6. The molecule has 3 rings (SSSR count). The summed E-state index contributed by atoms with van der Waals surface area (Å²) in [6.45, 7) is 0. The molecule has 0 aliphatic rings. The molecule has 0 radical (unpaired) electrons. The van der Waals surface area contributed by atoms with Crippen LogP contribution in [0, 0.1) is 21.4 Å². The Morgan fingerprint density at radius 1 is 1.00 bits per heavy atom. The Morgan fingerprint density at radius 3 is 2.33 bits per heavy atom. The molecule has 0 aliphatic heterocycles. The molecule has 3 aromatic rings. The van der Waals surface area contributed by atoms with Crippen LogP contribution >= 0.6 is 0 Å². The van der Waals surface area contributed by atoms with Gasteiger partial charge in [-0.1, -0.05) is 42.5 Å². The summed E-state index contributed by atoms with van der Waals surface area (Å²) in [6, 6.07) is 18.6. The molecule has 1 N–H and O–H groups in total. The van der Waals surface area contributed by atoms with E-state index < -0.39 is 10.5 Å². The van der Waals surface area contributed by atoms with Crippen LogP contribution in [-0.2, 0) is 0 Å². The smallest absolute Gasteiger partial charge is 0.277 e. The van der Waals surface area contributed by atoms with Crippen molar-refractivity contribution in [2.45, 2.75) is 0 Å². The Labute approximate surface area is 136 Å². The van der Waals surface area contributed by atoms with Crippen molar-refractivity contribution in [3.8, 4) is 28.5 Å². The molecule has 0 unspecified atom stereocenters. The fourth-order valence-corrected chi connectivity index (χ4v) is 2.52. The van der Waals surface area contributed by atoms with Crippen LogP contribution in [0.25, 0.3) is 22.4 Å². The summed E-state index contributed by atoms with van der Waals surface area (Å²) in [5.74, 6) is 0. The maximum atomic E-state index is 12.3. The quantitative estimate of drug-likeness (QED) is 0.590. The number of nitro benzene ring substituents is 1. The number of aromatic nitrogens is 1. The van der Waals surface area contributed by atoms with E-state index in [9.17, 15) is 20.2 Å². The van der Waals surface area contributed by atoms with Gasteiger partial charge in [-0.25, -0.2) is 0 Å². The number of nitriles is 1. The second-order valence-electron chi connectivity index (χ2n) is 5.05. The molecule has 6 heteroatoms. The Morgan fingerprint density at radius 2 is 1.67 bits per heavy atom. The van der Waals surface area contributed by atoms with Gasteiger partial charge in [0.2, 0.25) is 0 Å². The van der Waals surface area contributed by atoms with Gasteiger partial charge < -0.3 is 4.98 Å². The summed E-state index contributed by atoms with van der Waals surface area (Å²) >= 11 is 0. The lowest BCUT2D eigenvalue weighted by atomic mass is 9.98. The van der Waals surface area contributed by atoms with Crippen LogP contribution in [0.5, 0.6) is 0 Å². The van der Waals surface area contributed by atoms with Crippen molar-refractivity contribution < 1.29 is 4.92 Å². The highest BCUT2D eigenvalue weighted by Crippen LogP contribution is 2.32. The number of nitrogens with one attached hydrogen (secondary N) is 1. The zero-order valence-electron chi connectivity index (χ0n) is 12.4. The zero-order valence-corrected chi connectivity index (χ0v) is 12.4. The summed E-state index contributed by atoms with van der Waals surface area (Å²) in [7, 11) is 0. The summed E-state index contributed by atoms with van der Waals surface area (Å²) in [4.78, 5) is 25.7. The van der Waals surface area contributed by atoms with Gasteiger partial charge in [0, 0.05) is 17.3 Å². The standard InChI is InChI=1S/C18H11N3O3/c19-11-15-14(13-8-4-5-9-17(13)21(23)24)10-16(20-18(15)22)12-6-2-1-3-7-12/h1-10H,(H,20,22). The van der Waals surface area contributed by atoms with E-state index in [1.807, 2.05) is 24.3 Å². The van der Waals surface area contributed by atoms with Crippen LogP contribution in [0.1, 0.15) is 5.56 Å². The van der Waals surface area contributed by atoms with Crippen LogP contribution in [0.2, 0.25) is 0 Å². The first-order valence-electron chi connectivity index (χ1n) is 7.08. The number of rotatable bonds is 3. The fraction of sp³-hybridized carbons (Fsp3) is 0. The van der Waals surface area contributed by atoms with E-state index >= 15 is 0 Å². The number of aromatic amines is 1. The number of nitro groups is 1. The Bertz CT molecular complexity index is 1020. The number of hydrogen-bond donors (Lipinski definition) is 1. The molecule has 6 nitrogen and oxygen atoms in total. The number of para-hydroxylation sites is 1. The second kappa shape index (κ2) is 6.18. The van der Waals surface area contributed by atoms with Gasteiger partial charge in [-0.3, -0.25) is 14.9 Å². The van der Waals surface area contributed by atoms with Gasteiger partial charge in [-0.05, 0) is 17.7 Å². The van der Waals surface area contributed by atoms with Crippen LogP contribution < -0.4 is 5.56 Å². The fourth-order valence-electron chi connectivity index (χ4n) is 2.52. The molecule has 0 amide bonds. The normalized spacial score (nSPS) is 10.1. The minimum Gasteiger partial charge on any atom is -0.321 e. The molecular weight excluding hydrogens is 306 g/mol. The molecule has 1 aromatic heterocycles. The van der Waals surface area contributed by atoms with Crippen molar-refractivity contribution >= 4 is 5.69 Å². The first-order chi connectivity index (χ1) is 11.6. The number of hydrogen-bond acceptors (Lipinski definition) is 4. The number of benzene rings is 2. The van der Waals surface area contributed by atoms with E-state index in [1.165, 1.54) is 12.1 Å². The van der Waals surface area contributed by atoms with E-state index in [0.717, 1.165) is 5.56 Å². The Kier molecular flexibility index (Phi) is 3.91. The third-order valence-electron chi connectivity index (χ3n) is 3.62. The molecule has 2 aromatic carbocycles. The van der Waals surface area contributed by atoms with E-state index in [2.05, 4.69) is 4.98 Å². The molecule has 0 bridgehead atoms. The van der Waals surface area contributed by atoms with Gasteiger partial charge >= 0.3 is 0 Å². The van der Waals surface area contributed by atoms with Crippen LogP contribution in [0.4, 0.5) is 5.69 Å². The maximum absolute atomic E-state index is 12.3. The Hall–Kier alpha value is -3.72. The SMILES string of the molecule is N#Cc1c(-c2ccccc2[N+](=O)[O-])cc(-c2ccccc2)[nH]c1=O. The van der Waals surface area contributed by atoms with Gasteiger partial charge in [0.05, 0.1) is 10.5 Å². The van der Waals surface area contributed by atoms with Crippen LogP contribution in [0.3, 0.4) is 0 Å². The topological polar surface area (TPSA) is 99.8 Å². The molecule has 0 spiro atoms. The first kappa shape index (κ1) is 15.2. The molecule has 0 saturated carbocycles. The average molecular weight is 317 g/mol. The largest absolute Gasteiger partial charge is 0.321 e. The summed E-state index contributed by atoms with van der Waals surface area (Å²) in [6.07, 6.45) is 0. The average Bonchev–Trinajstić information content (AvgIpc) is 2.61. The van der Waals surface area contributed by atoms with Gasteiger partial charge in [-0.15, -0.1) is 0 Å². The minimum absolute atomic E-state index is 0.149. The van der Waals surface area contributed by atoms with E-state index in [4.69, 9.17) is 0 Å². The predicted octanol–water partition coefficient (Wildman–Crippen LogP) is 3.49. The lowest BCUT2D eigenvalue weighted by Crippen LogP contribution is -2.13. The monoisotopic (exact) mass is 317 g/mol. The van der Waals surface area contributed by atoms with Crippen molar-refractivity contribution in [3.05, 3.63) is 86.7 Å². The lowest BCUT2D eigenvalue weighted by Gasteiger charge is -2.08. The van der Waals surface area contributed by atoms with E-state index in [1.54, 1.807) is 30.3 Å². The number of nitrogens with zero attached hydrogens (tertiary/aromatic N) is 2.